The molecule has 0 heterocycles. The lowest BCUT2D eigenvalue weighted by molar-refractivity contribution is 0.0983. The predicted molar refractivity (Wildman–Crippen MR) is 66.7 cm³/mol. The summed E-state index contributed by atoms with van der Waals surface area (Å²) in [7, 11) is 0. The van der Waals surface area contributed by atoms with E-state index >= 15 is 0 Å². The van der Waals surface area contributed by atoms with Crippen molar-refractivity contribution >= 4 is 6.09 Å². The summed E-state index contributed by atoms with van der Waals surface area (Å²) in [6.07, 6.45) is 3.65. The van der Waals surface area contributed by atoms with Crippen LogP contribution >= 0.6 is 0 Å². The van der Waals surface area contributed by atoms with Crippen molar-refractivity contribution in [3.8, 4) is 0 Å². The summed E-state index contributed by atoms with van der Waals surface area (Å²) in [4.78, 5) is 11.6. The minimum Gasteiger partial charge on any atom is -0.446 e. The van der Waals surface area contributed by atoms with Crippen LogP contribution in [0.5, 0.6) is 0 Å². The van der Waals surface area contributed by atoms with Gasteiger partial charge < -0.3 is 10.1 Å². The number of carbonyl (C=O) groups excluding carboxylic acids is 1. The van der Waals surface area contributed by atoms with Crippen molar-refractivity contribution in [1.29, 1.82) is 0 Å². The molecule has 18 heavy (non-hydrogen) atoms. The number of amides is 1. The maximum Gasteiger partial charge on any atom is 0.407 e. The fourth-order valence-electron chi connectivity index (χ4n) is 2.27. The quantitative estimate of drug-likeness (QED) is 0.892. The third-order valence-electron chi connectivity index (χ3n) is 3.28. The Hall–Kier alpha value is -1.58. The van der Waals surface area contributed by atoms with E-state index in [9.17, 15) is 9.18 Å². The molecule has 0 aromatic heterocycles. The third-order valence-corrected chi connectivity index (χ3v) is 3.28. The largest absolute Gasteiger partial charge is 0.446 e. The fourth-order valence-corrected chi connectivity index (χ4v) is 2.27. The second-order valence-corrected chi connectivity index (χ2v) is 4.70. The normalized spacial score (nSPS) is 17.4. The molecule has 0 radical (unpaired) electrons. The standard InChI is InChI=1S/C14H18FNO2/c1-10(12-8-4-5-9-13(12)15)16-14(17)18-11-6-2-3-7-11/h4-5,8-11H,2-3,6-7H2,1H3,(H,16,17)/t10-/m1/s1. The zero-order valence-electron chi connectivity index (χ0n) is 10.5. The van der Waals surface area contributed by atoms with Crippen LogP contribution in [0.4, 0.5) is 9.18 Å². The first-order valence-corrected chi connectivity index (χ1v) is 6.38. The number of hydrogen-bond acceptors (Lipinski definition) is 2. The molecule has 0 saturated heterocycles. The average Bonchev–Trinajstić information content (AvgIpc) is 2.82. The fraction of sp³-hybridized carbons (Fsp3) is 0.500. The van der Waals surface area contributed by atoms with Crippen molar-refractivity contribution in [3.05, 3.63) is 35.6 Å². The van der Waals surface area contributed by atoms with Gasteiger partial charge in [0, 0.05) is 5.56 Å². The van der Waals surface area contributed by atoms with E-state index in [0.29, 0.717) is 5.56 Å². The van der Waals surface area contributed by atoms with Gasteiger partial charge >= 0.3 is 6.09 Å². The van der Waals surface area contributed by atoms with Gasteiger partial charge in [-0.05, 0) is 38.7 Å². The summed E-state index contributed by atoms with van der Waals surface area (Å²) < 4.78 is 18.8. The highest BCUT2D eigenvalue weighted by Crippen LogP contribution is 2.22. The Morgan fingerprint density at radius 1 is 1.39 bits per heavy atom. The molecular formula is C14H18FNO2. The molecule has 98 valence electrons. The summed E-state index contributed by atoms with van der Waals surface area (Å²) in [5.74, 6) is -0.314. The maximum absolute atomic E-state index is 13.5. The number of rotatable bonds is 3. The Morgan fingerprint density at radius 3 is 2.72 bits per heavy atom. The smallest absolute Gasteiger partial charge is 0.407 e. The van der Waals surface area contributed by atoms with Gasteiger partial charge in [0.05, 0.1) is 6.04 Å². The molecule has 1 aliphatic carbocycles. The number of carbonyl (C=O) groups is 1. The van der Waals surface area contributed by atoms with E-state index in [2.05, 4.69) is 5.32 Å². The number of nitrogens with one attached hydrogen (secondary N) is 1. The zero-order valence-corrected chi connectivity index (χ0v) is 10.5. The Labute approximate surface area is 106 Å². The van der Waals surface area contributed by atoms with Crippen LogP contribution in [0.25, 0.3) is 0 Å². The van der Waals surface area contributed by atoms with E-state index in [1.807, 2.05) is 0 Å². The van der Waals surface area contributed by atoms with Crippen molar-refractivity contribution in [2.45, 2.75) is 44.8 Å². The number of ether oxygens (including phenoxy) is 1. The molecule has 1 saturated carbocycles. The zero-order chi connectivity index (χ0) is 13.0. The molecule has 0 spiro atoms. The number of alkyl carbamates (subject to hydrolysis) is 1. The highest BCUT2D eigenvalue weighted by atomic mass is 19.1. The monoisotopic (exact) mass is 251 g/mol. The van der Waals surface area contributed by atoms with Crippen molar-refractivity contribution in [3.63, 3.8) is 0 Å². The number of halogens is 1. The maximum atomic E-state index is 13.5. The van der Waals surface area contributed by atoms with Crippen molar-refractivity contribution in [1.82, 2.24) is 5.32 Å². The van der Waals surface area contributed by atoms with Gasteiger partial charge in [-0.1, -0.05) is 18.2 Å². The Bertz CT molecular complexity index is 416. The highest BCUT2D eigenvalue weighted by molar-refractivity contribution is 5.68. The van der Waals surface area contributed by atoms with Crippen LogP contribution in [0, 0.1) is 5.82 Å². The Morgan fingerprint density at radius 2 is 2.06 bits per heavy atom. The molecule has 1 aliphatic rings. The molecule has 0 unspecified atom stereocenters. The van der Waals surface area contributed by atoms with Gasteiger partial charge in [0.1, 0.15) is 11.9 Å². The van der Waals surface area contributed by atoms with Gasteiger partial charge in [0.2, 0.25) is 0 Å². The molecule has 0 bridgehead atoms. The number of benzene rings is 1. The first-order valence-electron chi connectivity index (χ1n) is 6.38. The van der Waals surface area contributed by atoms with E-state index in [-0.39, 0.29) is 18.0 Å². The first-order chi connectivity index (χ1) is 8.66. The first kappa shape index (κ1) is 12.9. The summed E-state index contributed by atoms with van der Waals surface area (Å²) in [6.45, 7) is 1.74. The van der Waals surface area contributed by atoms with E-state index in [1.165, 1.54) is 6.07 Å². The lowest BCUT2D eigenvalue weighted by atomic mass is 10.1. The highest BCUT2D eigenvalue weighted by Gasteiger charge is 2.20. The molecule has 2 rings (SSSR count). The van der Waals surface area contributed by atoms with E-state index in [4.69, 9.17) is 4.74 Å². The molecule has 0 aliphatic heterocycles. The topological polar surface area (TPSA) is 38.3 Å². The van der Waals surface area contributed by atoms with Gasteiger partial charge in [-0.3, -0.25) is 0 Å². The van der Waals surface area contributed by atoms with Gasteiger partial charge in [-0.2, -0.15) is 0 Å². The number of hydrogen-bond donors (Lipinski definition) is 1. The van der Waals surface area contributed by atoms with Crippen LogP contribution < -0.4 is 5.32 Å². The van der Waals surface area contributed by atoms with Gasteiger partial charge in [-0.25, -0.2) is 9.18 Å². The van der Waals surface area contributed by atoms with Gasteiger partial charge in [-0.15, -0.1) is 0 Å². The van der Waals surface area contributed by atoms with Crippen LogP contribution in [-0.2, 0) is 4.74 Å². The molecule has 4 heteroatoms. The van der Waals surface area contributed by atoms with Crippen LogP contribution in [0.3, 0.4) is 0 Å². The Kier molecular flexibility index (Phi) is 4.18. The van der Waals surface area contributed by atoms with Gasteiger partial charge in [0.15, 0.2) is 0 Å². The second kappa shape index (κ2) is 5.85. The molecular weight excluding hydrogens is 233 g/mol. The van der Waals surface area contributed by atoms with E-state index in [0.717, 1.165) is 25.7 Å². The van der Waals surface area contributed by atoms with Crippen LogP contribution in [-0.4, -0.2) is 12.2 Å². The summed E-state index contributed by atoms with van der Waals surface area (Å²) in [5.41, 5.74) is 0.473. The van der Waals surface area contributed by atoms with Crippen molar-refractivity contribution in [2.24, 2.45) is 0 Å². The summed E-state index contributed by atoms with van der Waals surface area (Å²) in [5, 5.41) is 2.66. The second-order valence-electron chi connectivity index (χ2n) is 4.70. The van der Waals surface area contributed by atoms with Crippen LogP contribution in [0.2, 0.25) is 0 Å². The molecule has 1 amide bonds. The minimum absolute atomic E-state index is 0.0258. The molecule has 1 N–H and O–H groups in total. The molecule has 1 atom stereocenters. The van der Waals surface area contributed by atoms with Crippen LogP contribution in [0.15, 0.2) is 24.3 Å². The van der Waals surface area contributed by atoms with Crippen LogP contribution in [0.1, 0.15) is 44.2 Å². The van der Waals surface area contributed by atoms with E-state index in [1.54, 1.807) is 25.1 Å². The minimum atomic E-state index is -0.461. The van der Waals surface area contributed by atoms with E-state index < -0.39 is 6.09 Å². The third kappa shape index (κ3) is 3.22. The molecule has 1 aromatic rings. The molecule has 1 fully saturated rings. The average molecular weight is 251 g/mol. The lowest BCUT2D eigenvalue weighted by Crippen LogP contribution is -2.30. The predicted octanol–water partition coefficient (Wildman–Crippen LogP) is 3.56. The SMILES string of the molecule is C[C@@H](NC(=O)OC1CCCC1)c1ccccc1F. The molecule has 3 nitrogen and oxygen atoms in total. The van der Waals surface area contributed by atoms with Gasteiger partial charge in [0.25, 0.3) is 0 Å². The Balaban J connectivity index is 1.88. The lowest BCUT2D eigenvalue weighted by Gasteiger charge is -2.17. The summed E-state index contributed by atoms with van der Waals surface area (Å²) in [6, 6.07) is 6.03. The summed E-state index contributed by atoms with van der Waals surface area (Å²) >= 11 is 0. The van der Waals surface area contributed by atoms with Crippen molar-refractivity contribution < 1.29 is 13.9 Å². The molecule has 1 aromatic carbocycles. The van der Waals surface area contributed by atoms with Crippen molar-refractivity contribution in [2.75, 3.05) is 0 Å².